The number of carbonyl (C=O) groups excluding carboxylic acids is 4. The minimum atomic E-state index is -0.942. The average molecular weight is 1180 g/mol. The van der Waals surface area contributed by atoms with Gasteiger partial charge in [-0.3, -0.25) is 29.3 Å². The van der Waals surface area contributed by atoms with Gasteiger partial charge in [0.2, 0.25) is 5.91 Å². The Bertz CT molecular complexity index is 2210. The Morgan fingerprint density at radius 3 is 1.15 bits per heavy atom. The van der Waals surface area contributed by atoms with Crippen LogP contribution >= 0.6 is 0 Å². The lowest BCUT2D eigenvalue weighted by Crippen LogP contribution is -2.34. The number of hydrogen-bond acceptors (Lipinski definition) is 17. The quantitative estimate of drug-likeness (QED) is 0.0206. The lowest BCUT2D eigenvalue weighted by atomic mass is 10.2. The van der Waals surface area contributed by atoms with Crippen molar-refractivity contribution in [2.75, 3.05) is 105 Å². The number of nitrogens with zero attached hydrogens (tertiary/aromatic N) is 3. The van der Waals surface area contributed by atoms with Crippen LogP contribution in [-0.4, -0.2) is 161 Å². The van der Waals surface area contributed by atoms with Gasteiger partial charge in [0.05, 0.1) is 69.5 Å². The zero-order valence-corrected chi connectivity index (χ0v) is 49.5. The van der Waals surface area contributed by atoms with Crippen molar-refractivity contribution in [2.45, 2.75) is 92.1 Å². The molecule has 0 radical (unpaired) electrons. The first-order valence-electron chi connectivity index (χ1n) is 28.0. The van der Waals surface area contributed by atoms with E-state index in [0.29, 0.717) is 123 Å². The van der Waals surface area contributed by atoms with E-state index in [1.807, 2.05) is 26.8 Å². The highest BCUT2D eigenvalue weighted by Gasteiger charge is 2.15. The molecule has 0 unspecified atom stereocenters. The molecule has 13 N–H and O–H groups in total. The number of aromatic carboxylic acids is 1. The number of ether oxygens (including phenoxy) is 5. The zero-order valence-electron chi connectivity index (χ0n) is 49.5. The van der Waals surface area contributed by atoms with Gasteiger partial charge in [-0.25, -0.2) is 9.59 Å². The van der Waals surface area contributed by atoms with Crippen molar-refractivity contribution >= 4 is 29.8 Å². The van der Waals surface area contributed by atoms with Crippen molar-refractivity contribution in [1.82, 2.24) is 36.2 Å². The maximum atomic E-state index is 11.9. The number of rotatable bonds is 37. The summed E-state index contributed by atoms with van der Waals surface area (Å²) in [6.07, 6.45) is 41.8. The van der Waals surface area contributed by atoms with E-state index in [4.69, 9.17) is 51.7 Å². The van der Waals surface area contributed by atoms with Crippen molar-refractivity contribution in [2.24, 2.45) is 22.9 Å². The zero-order chi connectivity index (χ0) is 61.5. The third-order valence-electron chi connectivity index (χ3n) is 9.49. The number of alkyl carbamates (subject to hydrolysis) is 1. The molecular formula is C62H101N11O11. The normalized spacial score (nSPS) is 10.9. The van der Waals surface area contributed by atoms with Gasteiger partial charge in [0, 0.05) is 96.0 Å². The molecule has 0 aliphatic carbocycles. The van der Waals surface area contributed by atoms with Gasteiger partial charge in [0.1, 0.15) is 5.60 Å². The largest absolute Gasteiger partial charge is 0.478 e. The highest BCUT2D eigenvalue weighted by Crippen LogP contribution is 2.06. The third kappa shape index (κ3) is 59.3. The molecule has 22 nitrogen and oxygen atoms in total. The number of hydrogen-bond donors (Lipinski definition) is 9. The maximum Gasteiger partial charge on any atom is 0.407 e. The van der Waals surface area contributed by atoms with Crippen LogP contribution in [0.5, 0.6) is 0 Å². The maximum absolute atomic E-state index is 11.9. The van der Waals surface area contributed by atoms with Crippen LogP contribution < -0.4 is 44.2 Å². The van der Waals surface area contributed by atoms with Crippen LogP contribution in [0.4, 0.5) is 4.79 Å². The first kappa shape index (κ1) is 80.9. The van der Waals surface area contributed by atoms with Gasteiger partial charge in [-0.1, -0.05) is 87.3 Å². The first-order valence-corrected chi connectivity index (χ1v) is 28.0. The van der Waals surface area contributed by atoms with Crippen LogP contribution in [0.1, 0.15) is 118 Å². The first-order chi connectivity index (χ1) is 40.3. The molecule has 470 valence electrons. The molecule has 3 aromatic rings. The van der Waals surface area contributed by atoms with E-state index >= 15 is 0 Å². The highest BCUT2D eigenvalue weighted by molar-refractivity contribution is 5.94. The summed E-state index contributed by atoms with van der Waals surface area (Å²) in [5.41, 5.74) is 21.5. The molecule has 4 amide bonds. The minimum Gasteiger partial charge on any atom is -0.478 e. The lowest BCUT2D eigenvalue weighted by Gasteiger charge is -2.19. The molecule has 3 rings (SSSR count). The molecule has 0 aromatic carbocycles. The molecule has 0 aliphatic heterocycles. The van der Waals surface area contributed by atoms with Crippen molar-refractivity contribution < 1.29 is 52.8 Å². The number of nitrogens with two attached hydrogens (primary N) is 4. The number of carbonyl (C=O) groups is 5. The molecule has 0 fully saturated rings. The Kier molecular flexibility index (Phi) is 59.5. The predicted octanol–water partition coefficient (Wildman–Crippen LogP) is 7.03. The number of nitrogens with one attached hydrogen (secondary N) is 4. The molecular weight excluding hydrogens is 1070 g/mol. The van der Waals surface area contributed by atoms with Gasteiger partial charge in [0.25, 0.3) is 11.8 Å². The standard InChI is InChI=1S/C32H45N3O3.C10H15N3O2.C9H20N2O3.C6H5NO2.C4H12N2O.CH4/c1-2-3-4-5-6-7-8-9-10-11-12-13-14-15-16-17-18-19-20-23-31(36)34-25-27-38-28-26-35-32(37)30-22-21-24-33-29-30;11-3-6-15-7-5-13-10(14)9-2-1-4-12-8-9;1-9(2,3)14-8(12)11-5-7-13-6-4-10;8-6(9)5-2-1-3-7-4-5;5-1-3-7-4-2-6;/h3-4,6-7,9-10,12-13,15-16,18-19,21-22,24,29H,2,5,8,11,14,17,20,23,25-28H2,1H3,(H,34,36)(H,35,37);1-2,4,8H,3,5-7,11H2,(H,13,14);4-7,10H2,1-3H3,(H,11,12);1-4H,(H,8,9);1-6H2;1H4/b4-3-,7-6-,10-9-,13-12-,16-15-,19-18-;;;;;. The summed E-state index contributed by atoms with van der Waals surface area (Å²) in [6.45, 7) is 15.5. The van der Waals surface area contributed by atoms with Gasteiger partial charge in [-0.05, 0) is 102 Å². The number of amides is 4. The predicted molar refractivity (Wildman–Crippen MR) is 335 cm³/mol. The molecule has 0 saturated heterocycles. The third-order valence-corrected chi connectivity index (χ3v) is 9.49. The van der Waals surface area contributed by atoms with E-state index in [-0.39, 0.29) is 30.7 Å². The van der Waals surface area contributed by atoms with Crippen LogP contribution in [-0.2, 0) is 28.5 Å². The molecule has 84 heavy (non-hydrogen) atoms. The summed E-state index contributed by atoms with van der Waals surface area (Å²) in [5.74, 6) is -1.25. The van der Waals surface area contributed by atoms with Crippen LogP contribution in [0.25, 0.3) is 0 Å². The van der Waals surface area contributed by atoms with E-state index in [0.717, 1.165) is 44.9 Å². The fourth-order valence-corrected chi connectivity index (χ4v) is 5.65. The van der Waals surface area contributed by atoms with Gasteiger partial charge in [0.15, 0.2) is 0 Å². The van der Waals surface area contributed by atoms with E-state index < -0.39 is 17.7 Å². The van der Waals surface area contributed by atoms with Crippen LogP contribution in [0.2, 0.25) is 0 Å². The van der Waals surface area contributed by atoms with Gasteiger partial charge in [-0.2, -0.15) is 0 Å². The summed E-state index contributed by atoms with van der Waals surface area (Å²) in [4.78, 5) is 67.8. The molecule has 22 heteroatoms. The summed E-state index contributed by atoms with van der Waals surface area (Å²) in [6, 6.07) is 9.94. The van der Waals surface area contributed by atoms with E-state index in [9.17, 15) is 24.0 Å². The number of pyridine rings is 3. The van der Waals surface area contributed by atoms with Crippen molar-refractivity contribution in [3.8, 4) is 0 Å². The van der Waals surface area contributed by atoms with Gasteiger partial charge < -0.3 is 73.0 Å². The summed E-state index contributed by atoms with van der Waals surface area (Å²) >= 11 is 0. The number of aromatic nitrogens is 3. The molecule has 3 aromatic heterocycles. The van der Waals surface area contributed by atoms with Crippen molar-refractivity contribution in [3.05, 3.63) is 163 Å². The average Bonchev–Trinajstić information content (AvgIpc) is 3.51. The van der Waals surface area contributed by atoms with E-state index in [1.54, 1.807) is 42.7 Å². The molecule has 0 bridgehead atoms. The summed E-state index contributed by atoms with van der Waals surface area (Å²) < 4.78 is 25.5. The fraction of sp³-hybridized carbons (Fsp3) is 0.484. The Labute approximate surface area is 500 Å². The van der Waals surface area contributed by atoms with Gasteiger partial charge in [-0.15, -0.1) is 0 Å². The minimum absolute atomic E-state index is 0. The number of carboxylic acid groups (broad SMARTS) is 1. The van der Waals surface area contributed by atoms with Crippen LogP contribution in [0.15, 0.2) is 146 Å². The monoisotopic (exact) mass is 1180 g/mol. The van der Waals surface area contributed by atoms with Crippen LogP contribution in [0, 0.1) is 0 Å². The topological polar surface area (TPSA) is 343 Å². The Balaban J connectivity index is -0.00000116. The SMILES string of the molecule is C.CC(C)(C)OC(=O)NCCOCCN.CC/C=C\C/C=C\C/C=C\C/C=C\C/C=C\C/C=C\CCC(=O)NCCOCCNC(=O)c1cccnc1.NCCOCCN.NCCOCCNC(=O)c1cccnc1.O=C(O)c1cccnc1. The molecule has 3 heterocycles. The van der Waals surface area contributed by atoms with E-state index in [1.165, 1.54) is 30.9 Å². The van der Waals surface area contributed by atoms with Crippen molar-refractivity contribution in [1.29, 1.82) is 0 Å². The summed E-state index contributed by atoms with van der Waals surface area (Å²) in [7, 11) is 0. The Morgan fingerprint density at radius 1 is 0.488 bits per heavy atom. The molecule has 0 spiro atoms. The number of carboxylic acids is 1. The van der Waals surface area contributed by atoms with Crippen LogP contribution in [0.3, 0.4) is 0 Å². The second-order valence-electron chi connectivity index (χ2n) is 17.9. The highest BCUT2D eigenvalue weighted by atomic mass is 16.6. The molecule has 0 aliphatic rings. The Morgan fingerprint density at radius 2 is 0.821 bits per heavy atom. The van der Waals surface area contributed by atoms with E-state index in [2.05, 4.69) is 110 Å². The lowest BCUT2D eigenvalue weighted by molar-refractivity contribution is -0.121. The summed E-state index contributed by atoms with van der Waals surface area (Å²) in [5, 5.41) is 19.2. The molecule has 0 atom stereocenters. The van der Waals surface area contributed by atoms with Crippen molar-refractivity contribution in [3.63, 3.8) is 0 Å². The smallest absolute Gasteiger partial charge is 0.407 e. The fourth-order valence-electron chi connectivity index (χ4n) is 5.65. The number of allylic oxidation sites excluding steroid dienone is 12. The van der Waals surface area contributed by atoms with Gasteiger partial charge >= 0.3 is 12.1 Å². The second-order valence-corrected chi connectivity index (χ2v) is 17.9. The molecule has 0 saturated carbocycles. The second kappa shape index (κ2) is 61.8. The Hall–Kier alpha value is -7.28.